The zero-order valence-corrected chi connectivity index (χ0v) is 10.5. The predicted octanol–water partition coefficient (Wildman–Crippen LogP) is 4.18. The van der Waals surface area contributed by atoms with Gasteiger partial charge in [0.1, 0.15) is 5.15 Å². The van der Waals surface area contributed by atoms with Crippen LogP contribution in [0.15, 0.2) is 17.2 Å². The number of hydrogen-bond donors (Lipinski definition) is 0. The molecule has 1 atom stereocenters. The van der Waals surface area contributed by atoms with E-state index >= 15 is 0 Å². The second-order valence-electron chi connectivity index (χ2n) is 3.60. The zero-order valence-electron chi connectivity index (χ0n) is 8.88. The number of hydrogen-bond acceptors (Lipinski definition) is 2. The van der Waals surface area contributed by atoms with Crippen molar-refractivity contribution in [3.05, 3.63) is 23.0 Å². The summed E-state index contributed by atoms with van der Waals surface area (Å²) in [4.78, 5) is 5.29. The van der Waals surface area contributed by atoms with Crippen molar-refractivity contribution in [1.82, 2.24) is 4.98 Å². The van der Waals surface area contributed by atoms with Crippen molar-refractivity contribution >= 4 is 23.4 Å². The molecule has 0 N–H and O–H groups in total. The monoisotopic (exact) mass is 229 g/mol. The molecular formula is C11H16ClNS. The highest BCUT2D eigenvalue weighted by Crippen LogP contribution is 2.26. The molecule has 0 aromatic carbocycles. The van der Waals surface area contributed by atoms with E-state index < -0.39 is 0 Å². The van der Waals surface area contributed by atoms with Gasteiger partial charge in [-0.1, -0.05) is 31.9 Å². The Morgan fingerprint density at radius 1 is 1.57 bits per heavy atom. The fourth-order valence-electron chi connectivity index (χ4n) is 0.987. The Hall–Kier alpha value is -0.210. The third kappa shape index (κ3) is 3.50. The quantitative estimate of drug-likeness (QED) is 0.568. The molecule has 0 bridgehead atoms. The smallest absolute Gasteiger partial charge is 0.130 e. The number of aromatic nitrogens is 1. The minimum absolute atomic E-state index is 0.585. The number of halogens is 1. The number of pyridine rings is 1. The van der Waals surface area contributed by atoms with E-state index in [1.807, 2.05) is 24.0 Å². The van der Waals surface area contributed by atoms with Gasteiger partial charge in [-0.15, -0.1) is 11.8 Å². The summed E-state index contributed by atoms with van der Waals surface area (Å²) in [6.07, 6.45) is 3.06. The van der Waals surface area contributed by atoms with Crippen molar-refractivity contribution in [1.29, 1.82) is 0 Å². The topological polar surface area (TPSA) is 12.9 Å². The molecule has 0 fully saturated rings. The van der Waals surface area contributed by atoms with E-state index in [9.17, 15) is 0 Å². The van der Waals surface area contributed by atoms with Crippen LogP contribution >= 0.6 is 23.4 Å². The molecule has 1 heterocycles. The van der Waals surface area contributed by atoms with E-state index in [0.717, 1.165) is 11.7 Å². The first kappa shape index (κ1) is 11.9. The van der Waals surface area contributed by atoms with Crippen molar-refractivity contribution < 1.29 is 0 Å². The van der Waals surface area contributed by atoms with Gasteiger partial charge in [-0.3, -0.25) is 0 Å². The van der Waals surface area contributed by atoms with Gasteiger partial charge in [-0.2, -0.15) is 0 Å². The van der Waals surface area contributed by atoms with Crippen LogP contribution in [-0.2, 0) is 0 Å². The highest BCUT2D eigenvalue weighted by Gasteiger charge is 2.04. The summed E-state index contributed by atoms with van der Waals surface area (Å²) < 4.78 is 0. The van der Waals surface area contributed by atoms with E-state index in [0.29, 0.717) is 5.15 Å². The lowest BCUT2D eigenvalue weighted by atomic mass is 10.2. The van der Waals surface area contributed by atoms with Gasteiger partial charge in [0.2, 0.25) is 0 Å². The Morgan fingerprint density at radius 2 is 2.29 bits per heavy atom. The normalized spacial score (nSPS) is 12.9. The number of nitrogens with zero attached hydrogens (tertiary/aromatic N) is 1. The van der Waals surface area contributed by atoms with E-state index in [1.165, 1.54) is 16.9 Å². The number of rotatable bonds is 4. The third-order valence-corrected chi connectivity index (χ3v) is 3.93. The summed E-state index contributed by atoms with van der Waals surface area (Å²) >= 11 is 7.71. The molecule has 0 saturated heterocycles. The molecule has 0 saturated carbocycles. The molecule has 0 aliphatic heterocycles. The van der Waals surface area contributed by atoms with Gasteiger partial charge < -0.3 is 0 Å². The minimum atomic E-state index is 0.585. The van der Waals surface area contributed by atoms with Crippen LogP contribution in [0.1, 0.15) is 25.8 Å². The lowest BCUT2D eigenvalue weighted by Gasteiger charge is -2.09. The van der Waals surface area contributed by atoms with Crippen LogP contribution in [0.5, 0.6) is 0 Å². The molecule has 1 unspecified atom stereocenters. The van der Waals surface area contributed by atoms with Crippen LogP contribution in [0, 0.1) is 12.8 Å². The van der Waals surface area contributed by atoms with Crippen molar-refractivity contribution in [3.8, 4) is 0 Å². The fourth-order valence-corrected chi connectivity index (χ4v) is 2.38. The average Bonchev–Trinajstić information content (AvgIpc) is 2.19. The summed E-state index contributed by atoms with van der Waals surface area (Å²) in [5.41, 5.74) is 1.21. The molecule has 0 radical (unpaired) electrons. The Bertz CT molecular complexity index is 301. The van der Waals surface area contributed by atoms with Crippen LogP contribution in [0.4, 0.5) is 0 Å². The molecule has 14 heavy (non-hydrogen) atoms. The molecule has 1 nitrogen and oxygen atoms in total. The zero-order chi connectivity index (χ0) is 10.6. The predicted molar refractivity (Wildman–Crippen MR) is 64.2 cm³/mol. The molecule has 0 aliphatic rings. The molecule has 3 heteroatoms. The maximum atomic E-state index is 5.84. The summed E-state index contributed by atoms with van der Waals surface area (Å²) in [7, 11) is 0. The van der Waals surface area contributed by atoms with Gasteiger partial charge in [-0.25, -0.2) is 4.98 Å². The van der Waals surface area contributed by atoms with E-state index in [2.05, 4.69) is 25.8 Å². The van der Waals surface area contributed by atoms with Gasteiger partial charge in [-0.05, 0) is 24.5 Å². The molecule has 0 spiro atoms. The van der Waals surface area contributed by atoms with Crippen LogP contribution < -0.4 is 0 Å². The molecular weight excluding hydrogens is 214 g/mol. The van der Waals surface area contributed by atoms with Crippen LogP contribution in [0.25, 0.3) is 0 Å². The van der Waals surface area contributed by atoms with Gasteiger partial charge in [0.15, 0.2) is 0 Å². The number of aryl methyl sites for hydroxylation is 1. The SMILES string of the molecule is CCC(C)CSc1cc(Cl)ncc1C. The lowest BCUT2D eigenvalue weighted by Crippen LogP contribution is -1.96. The molecule has 78 valence electrons. The molecule has 0 aliphatic carbocycles. The van der Waals surface area contributed by atoms with Crippen LogP contribution in [-0.4, -0.2) is 10.7 Å². The first-order chi connectivity index (χ1) is 6.63. The average molecular weight is 230 g/mol. The Kier molecular flexibility index (Phi) is 4.76. The van der Waals surface area contributed by atoms with Gasteiger partial charge >= 0.3 is 0 Å². The summed E-state index contributed by atoms with van der Waals surface area (Å²) in [5.74, 6) is 1.91. The Labute approximate surface area is 95.3 Å². The van der Waals surface area contributed by atoms with Crippen molar-refractivity contribution in [2.45, 2.75) is 32.1 Å². The molecule has 0 amide bonds. The molecule has 1 aromatic rings. The first-order valence-electron chi connectivity index (χ1n) is 4.88. The summed E-state index contributed by atoms with van der Waals surface area (Å²) in [6, 6.07) is 1.95. The Balaban J connectivity index is 2.62. The van der Waals surface area contributed by atoms with Crippen LogP contribution in [0.3, 0.4) is 0 Å². The number of thioether (sulfide) groups is 1. The second kappa shape index (κ2) is 5.62. The van der Waals surface area contributed by atoms with Gasteiger partial charge in [0.25, 0.3) is 0 Å². The summed E-state index contributed by atoms with van der Waals surface area (Å²) in [6.45, 7) is 6.56. The fraction of sp³-hybridized carbons (Fsp3) is 0.545. The van der Waals surface area contributed by atoms with E-state index in [4.69, 9.17) is 11.6 Å². The third-order valence-electron chi connectivity index (χ3n) is 2.24. The maximum Gasteiger partial charge on any atom is 0.130 e. The highest BCUT2D eigenvalue weighted by atomic mass is 35.5. The minimum Gasteiger partial charge on any atom is -0.244 e. The van der Waals surface area contributed by atoms with E-state index in [-0.39, 0.29) is 0 Å². The van der Waals surface area contributed by atoms with Gasteiger partial charge in [0.05, 0.1) is 0 Å². The largest absolute Gasteiger partial charge is 0.244 e. The second-order valence-corrected chi connectivity index (χ2v) is 5.05. The molecule has 1 aromatic heterocycles. The maximum absolute atomic E-state index is 5.84. The lowest BCUT2D eigenvalue weighted by molar-refractivity contribution is 0.637. The van der Waals surface area contributed by atoms with Crippen LogP contribution in [0.2, 0.25) is 5.15 Å². The van der Waals surface area contributed by atoms with Gasteiger partial charge in [0, 0.05) is 16.8 Å². The summed E-state index contributed by atoms with van der Waals surface area (Å²) in [5, 5.41) is 0.585. The van der Waals surface area contributed by atoms with Crippen molar-refractivity contribution in [2.75, 3.05) is 5.75 Å². The highest BCUT2D eigenvalue weighted by molar-refractivity contribution is 7.99. The van der Waals surface area contributed by atoms with Crippen molar-refractivity contribution in [3.63, 3.8) is 0 Å². The van der Waals surface area contributed by atoms with Crippen molar-refractivity contribution in [2.24, 2.45) is 5.92 Å². The van der Waals surface area contributed by atoms with E-state index in [1.54, 1.807) is 0 Å². The first-order valence-corrected chi connectivity index (χ1v) is 6.24. The molecule has 1 rings (SSSR count). The Morgan fingerprint density at radius 3 is 2.93 bits per heavy atom. The standard InChI is InChI=1S/C11H16ClNS/c1-4-8(2)7-14-10-5-11(12)13-6-9(10)3/h5-6,8H,4,7H2,1-3H3.